The molecule has 1 aromatic carbocycles. The minimum absolute atomic E-state index is 0. The smallest absolute Gasteiger partial charge is 0.193 e. The fourth-order valence-electron chi connectivity index (χ4n) is 2.77. The van der Waals surface area contributed by atoms with Gasteiger partial charge in [-0.2, -0.15) is 0 Å². The number of benzene rings is 1. The lowest BCUT2D eigenvalue weighted by Crippen LogP contribution is -2.38. The second-order valence-electron chi connectivity index (χ2n) is 6.26. The maximum absolute atomic E-state index is 6.05. The Morgan fingerprint density at radius 1 is 1.17 bits per heavy atom. The van der Waals surface area contributed by atoms with E-state index in [0.29, 0.717) is 17.9 Å². The van der Waals surface area contributed by atoms with Crippen molar-refractivity contribution in [1.29, 1.82) is 0 Å². The zero-order chi connectivity index (χ0) is 16.7. The van der Waals surface area contributed by atoms with Crippen LogP contribution in [0.5, 0.6) is 0 Å². The minimum atomic E-state index is 0. The summed E-state index contributed by atoms with van der Waals surface area (Å²) in [5, 5.41) is 3.19. The van der Waals surface area contributed by atoms with E-state index in [2.05, 4.69) is 69.1 Å². The van der Waals surface area contributed by atoms with Crippen LogP contribution in [-0.2, 0) is 0 Å². The molecule has 0 bridgehead atoms. The standard InChI is InChI=1S/C18H32N4.HI/c1-7-15(8-2)17(22(5)6)12-20-18(19)21-16-10-9-13(3)14(4)11-16;/h9-11,15,17H,7-8,12H2,1-6H3,(H3,19,20,21);1H. The molecule has 0 heterocycles. The molecule has 0 spiro atoms. The molecule has 0 radical (unpaired) electrons. The molecule has 1 aromatic rings. The molecule has 0 amide bonds. The number of likely N-dealkylation sites (N-methyl/N-ethyl adjacent to an activating group) is 1. The average Bonchev–Trinajstić information content (AvgIpc) is 2.47. The maximum atomic E-state index is 6.05. The van der Waals surface area contributed by atoms with Crippen molar-refractivity contribution >= 4 is 35.6 Å². The van der Waals surface area contributed by atoms with Crippen molar-refractivity contribution in [3.63, 3.8) is 0 Å². The van der Waals surface area contributed by atoms with Gasteiger partial charge in [0.1, 0.15) is 0 Å². The van der Waals surface area contributed by atoms with E-state index in [1.165, 1.54) is 24.0 Å². The predicted molar refractivity (Wildman–Crippen MR) is 113 cm³/mol. The van der Waals surface area contributed by atoms with Crippen LogP contribution in [0.3, 0.4) is 0 Å². The van der Waals surface area contributed by atoms with Gasteiger partial charge in [0.15, 0.2) is 5.96 Å². The highest BCUT2D eigenvalue weighted by molar-refractivity contribution is 14.0. The Balaban J connectivity index is 0.00000484. The van der Waals surface area contributed by atoms with Gasteiger partial charge in [-0.15, -0.1) is 24.0 Å². The summed E-state index contributed by atoms with van der Waals surface area (Å²) in [5.74, 6) is 1.13. The van der Waals surface area contributed by atoms with Gasteiger partial charge in [0, 0.05) is 11.7 Å². The third-order valence-corrected chi connectivity index (χ3v) is 4.48. The molecule has 0 saturated carbocycles. The van der Waals surface area contributed by atoms with Crippen LogP contribution < -0.4 is 11.1 Å². The van der Waals surface area contributed by atoms with Crippen LogP contribution >= 0.6 is 24.0 Å². The number of hydrogen-bond acceptors (Lipinski definition) is 2. The van der Waals surface area contributed by atoms with E-state index in [4.69, 9.17) is 5.73 Å². The van der Waals surface area contributed by atoms with E-state index in [-0.39, 0.29) is 24.0 Å². The number of rotatable bonds is 7. The molecule has 23 heavy (non-hydrogen) atoms. The molecule has 0 saturated heterocycles. The van der Waals surface area contributed by atoms with Gasteiger partial charge in [-0.25, -0.2) is 0 Å². The topological polar surface area (TPSA) is 53.6 Å². The summed E-state index contributed by atoms with van der Waals surface area (Å²) < 4.78 is 0. The lowest BCUT2D eigenvalue weighted by molar-refractivity contribution is 0.206. The van der Waals surface area contributed by atoms with Gasteiger partial charge in [-0.1, -0.05) is 32.8 Å². The second-order valence-corrected chi connectivity index (χ2v) is 6.26. The first kappa shape index (κ1) is 22.2. The summed E-state index contributed by atoms with van der Waals surface area (Å²) in [6.07, 6.45) is 2.33. The molecule has 0 aliphatic carbocycles. The summed E-state index contributed by atoms with van der Waals surface area (Å²) in [4.78, 5) is 6.81. The van der Waals surface area contributed by atoms with E-state index < -0.39 is 0 Å². The average molecular weight is 432 g/mol. The van der Waals surface area contributed by atoms with Crippen LogP contribution in [0.1, 0.15) is 37.8 Å². The number of nitrogens with one attached hydrogen (secondary N) is 1. The zero-order valence-corrected chi connectivity index (χ0v) is 17.7. The molecule has 0 aromatic heterocycles. The van der Waals surface area contributed by atoms with E-state index in [9.17, 15) is 0 Å². The number of halogens is 1. The monoisotopic (exact) mass is 432 g/mol. The van der Waals surface area contributed by atoms with Gasteiger partial charge in [-0.05, 0) is 57.1 Å². The van der Waals surface area contributed by atoms with Crippen LogP contribution in [0.2, 0.25) is 0 Å². The molecule has 0 aliphatic rings. The van der Waals surface area contributed by atoms with E-state index in [1.54, 1.807) is 0 Å². The number of hydrogen-bond donors (Lipinski definition) is 2. The van der Waals surface area contributed by atoms with Gasteiger partial charge in [0.25, 0.3) is 0 Å². The van der Waals surface area contributed by atoms with Crippen LogP contribution in [0, 0.1) is 19.8 Å². The van der Waals surface area contributed by atoms with Crippen molar-refractivity contribution in [1.82, 2.24) is 4.90 Å². The number of nitrogens with zero attached hydrogens (tertiary/aromatic N) is 2. The Morgan fingerprint density at radius 2 is 1.78 bits per heavy atom. The summed E-state index contributed by atoms with van der Waals surface area (Å²) in [6.45, 7) is 9.41. The molecule has 0 aliphatic heterocycles. The third kappa shape index (κ3) is 7.08. The highest BCUT2D eigenvalue weighted by Crippen LogP contribution is 2.17. The molecule has 1 atom stereocenters. The zero-order valence-electron chi connectivity index (χ0n) is 15.4. The number of aliphatic imine (C=N–C) groups is 1. The van der Waals surface area contributed by atoms with Crippen molar-refractivity contribution in [2.75, 3.05) is 26.0 Å². The van der Waals surface area contributed by atoms with E-state index in [0.717, 1.165) is 12.2 Å². The van der Waals surface area contributed by atoms with Gasteiger partial charge in [0.2, 0.25) is 0 Å². The van der Waals surface area contributed by atoms with Gasteiger partial charge in [-0.3, -0.25) is 4.99 Å². The van der Waals surface area contributed by atoms with Gasteiger partial charge < -0.3 is 16.0 Å². The molecule has 3 N–H and O–H groups in total. The van der Waals surface area contributed by atoms with Crippen LogP contribution in [-0.4, -0.2) is 37.5 Å². The molecule has 132 valence electrons. The fourth-order valence-corrected chi connectivity index (χ4v) is 2.77. The SMILES string of the molecule is CCC(CC)C(CN=C(N)Nc1ccc(C)c(C)c1)N(C)C.I. The van der Waals surface area contributed by atoms with Crippen molar-refractivity contribution in [3.05, 3.63) is 29.3 Å². The number of guanidine groups is 1. The first-order valence-electron chi connectivity index (χ1n) is 8.19. The second kappa shape index (κ2) is 10.9. The predicted octanol–water partition coefficient (Wildman–Crippen LogP) is 4.01. The van der Waals surface area contributed by atoms with Crippen LogP contribution in [0.4, 0.5) is 5.69 Å². The van der Waals surface area contributed by atoms with Crippen LogP contribution in [0.25, 0.3) is 0 Å². The molecule has 4 nitrogen and oxygen atoms in total. The normalized spacial score (nSPS) is 13.1. The van der Waals surface area contributed by atoms with Gasteiger partial charge in [0.05, 0.1) is 6.54 Å². The maximum Gasteiger partial charge on any atom is 0.193 e. The number of anilines is 1. The molecular formula is C18H33IN4. The van der Waals surface area contributed by atoms with Gasteiger partial charge >= 0.3 is 0 Å². The Hall–Kier alpha value is -0.820. The number of aryl methyl sites for hydroxylation is 2. The Bertz CT molecular complexity index is 496. The summed E-state index contributed by atoms with van der Waals surface area (Å²) >= 11 is 0. The van der Waals surface area contributed by atoms with Crippen molar-refractivity contribution in [2.45, 2.75) is 46.6 Å². The lowest BCUT2D eigenvalue weighted by atomic mass is 9.93. The molecule has 1 rings (SSSR count). The van der Waals surface area contributed by atoms with Crippen LogP contribution in [0.15, 0.2) is 23.2 Å². The molecule has 5 heteroatoms. The van der Waals surface area contributed by atoms with E-state index in [1.807, 2.05) is 6.07 Å². The Morgan fingerprint density at radius 3 is 2.26 bits per heavy atom. The molecular weight excluding hydrogens is 399 g/mol. The van der Waals surface area contributed by atoms with Crippen molar-refractivity contribution in [3.8, 4) is 0 Å². The quantitative estimate of drug-likeness (QED) is 0.389. The molecule has 0 fully saturated rings. The highest BCUT2D eigenvalue weighted by Gasteiger charge is 2.20. The summed E-state index contributed by atoms with van der Waals surface area (Å²) in [5.41, 5.74) is 9.57. The van der Waals surface area contributed by atoms with Crippen molar-refractivity contribution < 1.29 is 0 Å². The third-order valence-electron chi connectivity index (χ3n) is 4.48. The minimum Gasteiger partial charge on any atom is -0.370 e. The highest BCUT2D eigenvalue weighted by atomic mass is 127. The first-order valence-corrected chi connectivity index (χ1v) is 8.19. The van der Waals surface area contributed by atoms with Crippen molar-refractivity contribution in [2.24, 2.45) is 16.6 Å². The lowest BCUT2D eigenvalue weighted by Gasteiger charge is -2.30. The number of nitrogens with two attached hydrogens (primary N) is 1. The summed E-state index contributed by atoms with van der Waals surface area (Å²) in [6, 6.07) is 6.66. The fraction of sp³-hybridized carbons (Fsp3) is 0.611. The Labute approximate surface area is 158 Å². The Kier molecular flexibility index (Phi) is 10.5. The largest absolute Gasteiger partial charge is 0.370 e. The van der Waals surface area contributed by atoms with E-state index >= 15 is 0 Å². The first-order chi connectivity index (χ1) is 10.4. The summed E-state index contributed by atoms with van der Waals surface area (Å²) in [7, 11) is 4.23. The molecule has 1 unspecified atom stereocenters.